The quantitative estimate of drug-likeness (QED) is 0.807. The summed E-state index contributed by atoms with van der Waals surface area (Å²) >= 11 is 6.36. The Morgan fingerprint density at radius 3 is 2.31 bits per heavy atom. The van der Waals surface area contributed by atoms with Crippen LogP contribution in [0, 0.1) is 0 Å². The molecule has 0 spiro atoms. The zero-order chi connectivity index (χ0) is 18.7. The van der Waals surface area contributed by atoms with Gasteiger partial charge in [-0.3, -0.25) is 4.90 Å². The van der Waals surface area contributed by atoms with E-state index in [-0.39, 0.29) is 6.04 Å². The fourth-order valence-corrected chi connectivity index (χ4v) is 3.61. The van der Waals surface area contributed by atoms with Crippen LogP contribution in [-0.4, -0.2) is 31.1 Å². The van der Waals surface area contributed by atoms with Crippen molar-refractivity contribution in [3.63, 3.8) is 0 Å². The van der Waals surface area contributed by atoms with E-state index in [4.69, 9.17) is 11.6 Å². The minimum atomic E-state index is -4.39. The monoisotopic (exact) mass is 382 g/mol. The van der Waals surface area contributed by atoms with Crippen LogP contribution in [-0.2, 0) is 12.6 Å². The van der Waals surface area contributed by atoms with Crippen LogP contribution in [0.5, 0.6) is 0 Å². The van der Waals surface area contributed by atoms with Gasteiger partial charge < -0.3 is 5.32 Å². The predicted octanol–water partition coefficient (Wildman–Crippen LogP) is 4.92. The van der Waals surface area contributed by atoms with Crippen molar-refractivity contribution in [2.75, 3.05) is 26.2 Å². The van der Waals surface area contributed by atoms with Gasteiger partial charge >= 0.3 is 6.18 Å². The number of nitrogens with zero attached hydrogens (tertiary/aromatic N) is 1. The van der Waals surface area contributed by atoms with E-state index in [1.54, 1.807) is 0 Å². The van der Waals surface area contributed by atoms with Crippen LogP contribution >= 0.6 is 11.6 Å². The lowest BCUT2D eigenvalue weighted by Crippen LogP contribution is -2.45. The molecule has 1 atom stereocenters. The van der Waals surface area contributed by atoms with E-state index in [0.29, 0.717) is 10.6 Å². The van der Waals surface area contributed by atoms with Crippen LogP contribution in [0.25, 0.3) is 0 Å². The molecule has 1 fully saturated rings. The molecule has 0 saturated carbocycles. The van der Waals surface area contributed by atoms with Crippen LogP contribution in [0.1, 0.15) is 35.2 Å². The maximum Gasteiger partial charge on any atom is 0.416 e. The van der Waals surface area contributed by atoms with Crippen LogP contribution in [0.2, 0.25) is 5.02 Å². The van der Waals surface area contributed by atoms with Crippen molar-refractivity contribution >= 4 is 11.6 Å². The largest absolute Gasteiger partial charge is 0.416 e. The van der Waals surface area contributed by atoms with Crippen molar-refractivity contribution in [1.29, 1.82) is 0 Å². The molecule has 1 saturated heterocycles. The summed E-state index contributed by atoms with van der Waals surface area (Å²) in [5.41, 5.74) is 2.00. The molecule has 2 aromatic carbocycles. The lowest BCUT2D eigenvalue weighted by atomic mass is 9.94. The maximum atomic E-state index is 13.2. The number of hydrogen-bond acceptors (Lipinski definition) is 2. The second-order valence-corrected chi connectivity index (χ2v) is 6.92. The van der Waals surface area contributed by atoms with E-state index in [1.807, 2.05) is 24.3 Å². The van der Waals surface area contributed by atoms with Gasteiger partial charge in [0.25, 0.3) is 0 Å². The summed E-state index contributed by atoms with van der Waals surface area (Å²) in [5, 5.41) is 3.65. The molecule has 26 heavy (non-hydrogen) atoms. The molecular weight excluding hydrogens is 361 g/mol. The first-order valence-corrected chi connectivity index (χ1v) is 9.18. The summed E-state index contributed by atoms with van der Waals surface area (Å²) in [4.78, 5) is 2.19. The van der Waals surface area contributed by atoms with Crippen molar-refractivity contribution in [2.45, 2.75) is 25.6 Å². The van der Waals surface area contributed by atoms with Gasteiger partial charge in [-0.25, -0.2) is 0 Å². The molecule has 0 aliphatic carbocycles. The first-order chi connectivity index (χ1) is 12.4. The zero-order valence-electron chi connectivity index (χ0n) is 14.6. The van der Waals surface area contributed by atoms with Gasteiger partial charge in [0.1, 0.15) is 0 Å². The third-order valence-corrected chi connectivity index (χ3v) is 5.18. The topological polar surface area (TPSA) is 15.3 Å². The molecule has 0 radical (unpaired) electrons. The highest BCUT2D eigenvalue weighted by atomic mass is 35.5. The Labute approximate surface area is 157 Å². The standard InChI is InChI=1S/C20H22ClF3N2/c1-2-14-3-5-15(6-4-14)19(26-11-9-25-10-12-26)17-13-16(20(22,23)24)7-8-18(17)21/h3-8,13,19,25H,2,9-12H2,1H3. The molecular formula is C20H22ClF3N2. The molecule has 140 valence electrons. The Bertz CT molecular complexity index is 738. The van der Waals surface area contributed by atoms with Gasteiger partial charge in [0, 0.05) is 31.2 Å². The van der Waals surface area contributed by atoms with Gasteiger partial charge in [-0.2, -0.15) is 13.2 Å². The highest BCUT2D eigenvalue weighted by molar-refractivity contribution is 6.31. The third kappa shape index (κ3) is 4.22. The van der Waals surface area contributed by atoms with E-state index in [9.17, 15) is 13.2 Å². The summed E-state index contributed by atoms with van der Waals surface area (Å²) in [7, 11) is 0. The second-order valence-electron chi connectivity index (χ2n) is 6.52. The van der Waals surface area contributed by atoms with E-state index < -0.39 is 11.7 Å². The fourth-order valence-electron chi connectivity index (χ4n) is 3.39. The number of rotatable bonds is 4. The second kappa shape index (κ2) is 7.99. The van der Waals surface area contributed by atoms with Crippen molar-refractivity contribution in [2.24, 2.45) is 0 Å². The van der Waals surface area contributed by atoms with Gasteiger partial charge in [0.05, 0.1) is 11.6 Å². The Morgan fingerprint density at radius 2 is 1.73 bits per heavy atom. The maximum absolute atomic E-state index is 13.2. The number of piperazine rings is 1. The molecule has 0 aromatic heterocycles. The minimum absolute atomic E-state index is 0.294. The first-order valence-electron chi connectivity index (χ1n) is 8.80. The van der Waals surface area contributed by atoms with Crippen molar-refractivity contribution < 1.29 is 13.2 Å². The van der Waals surface area contributed by atoms with E-state index in [1.165, 1.54) is 17.7 Å². The van der Waals surface area contributed by atoms with Crippen LogP contribution in [0.3, 0.4) is 0 Å². The number of alkyl halides is 3. The van der Waals surface area contributed by atoms with E-state index in [2.05, 4.69) is 17.1 Å². The number of halogens is 4. The first kappa shape index (κ1) is 19.2. The molecule has 0 bridgehead atoms. The summed E-state index contributed by atoms with van der Waals surface area (Å²) in [5.74, 6) is 0. The normalized spacial score (nSPS) is 17.3. The van der Waals surface area contributed by atoms with E-state index >= 15 is 0 Å². The molecule has 2 nitrogen and oxygen atoms in total. The molecule has 1 heterocycles. The van der Waals surface area contributed by atoms with Gasteiger partial charge in [0.2, 0.25) is 0 Å². The van der Waals surface area contributed by atoms with Gasteiger partial charge in [-0.1, -0.05) is 42.8 Å². The zero-order valence-corrected chi connectivity index (χ0v) is 15.4. The summed E-state index contributed by atoms with van der Waals surface area (Å²) in [6, 6.07) is 11.4. The van der Waals surface area contributed by atoms with E-state index in [0.717, 1.165) is 44.2 Å². The fraction of sp³-hybridized carbons (Fsp3) is 0.400. The minimum Gasteiger partial charge on any atom is -0.314 e. The Kier molecular flexibility index (Phi) is 5.90. The lowest BCUT2D eigenvalue weighted by molar-refractivity contribution is -0.137. The van der Waals surface area contributed by atoms with Crippen molar-refractivity contribution in [3.8, 4) is 0 Å². The molecule has 1 N–H and O–H groups in total. The van der Waals surface area contributed by atoms with Crippen LogP contribution in [0.15, 0.2) is 42.5 Å². The molecule has 6 heteroatoms. The molecule has 1 aliphatic rings. The number of nitrogens with one attached hydrogen (secondary N) is 1. The summed E-state index contributed by atoms with van der Waals surface area (Å²) in [6.07, 6.45) is -3.47. The number of hydrogen-bond donors (Lipinski definition) is 1. The molecule has 3 rings (SSSR count). The number of benzene rings is 2. The molecule has 1 aliphatic heterocycles. The van der Waals surface area contributed by atoms with Gasteiger partial charge in [-0.15, -0.1) is 0 Å². The smallest absolute Gasteiger partial charge is 0.314 e. The highest BCUT2D eigenvalue weighted by Crippen LogP contribution is 2.38. The Hall–Kier alpha value is -1.56. The van der Waals surface area contributed by atoms with Crippen molar-refractivity contribution in [3.05, 3.63) is 69.7 Å². The predicted molar refractivity (Wildman–Crippen MR) is 98.6 cm³/mol. The average Bonchev–Trinajstić information content (AvgIpc) is 2.64. The Morgan fingerprint density at radius 1 is 1.08 bits per heavy atom. The summed E-state index contributed by atoms with van der Waals surface area (Å²) < 4.78 is 39.7. The summed E-state index contributed by atoms with van der Waals surface area (Å²) in [6.45, 7) is 5.20. The number of aryl methyl sites for hydroxylation is 1. The van der Waals surface area contributed by atoms with Gasteiger partial charge in [0.15, 0.2) is 0 Å². The van der Waals surface area contributed by atoms with Gasteiger partial charge in [-0.05, 0) is 41.3 Å². The SMILES string of the molecule is CCc1ccc(C(c2cc(C(F)(F)F)ccc2Cl)N2CCNCC2)cc1. The average molecular weight is 383 g/mol. The molecule has 1 unspecified atom stereocenters. The van der Waals surface area contributed by atoms with Crippen molar-refractivity contribution in [1.82, 2.24) is 10.2 Å². The van der Waals surface area contributed by atoms with Crippen LogP contribution < -0.4 is 5.32 Å². The third-order valence-electron chi connectivity index (χ3n) is 4.84. The Balaban J connectivity index is 2.07. The lowest BCUT2D eigenvalue weighted by Gasteiger charge is -2.36. The highest BCUT2D eigenvalue weighted by Gasteiger charge is 2.33. The molecule has 2 aromatic rings. The van der Waals surface area contributed by atoms with Crippen LogP contribution in [0.4, 0.5) is 13.2 Å². The molecule has 0 amide bonds.